The molecular formula is C19H25Cl2N5O. The fraction of sp³-hybridized carbons (Fsp3) is 0.526. The second-order valence-corrected chi connectivity index (χ2v) is 7.79. The zero-order valence-electron chi connectivity index (χ0n) is 15.7. The monoisotopic (exact) mass is 409 g/mol. The number of para-hydroxylation sites is 1. The number of piperidine rings is 1. The lowest BCUT2D eigenvalue weighted by atomic mass is 9.94. The van der Waals surface area contributed by atoms with Crippen LogP contribution in [0.2, 0.25) is 10.0 Å². The highest BCUT2D eigenvalue weighted by molar-refractivity contribution is 6.37. The predicted molar refractivity (Wildman–Crippen MR) is 108 cm³/mol. The Morgan fingerprint density at radius 3 is 2.56 bits per heavy atom. The molecule has 0 aliphatic carbocycles. The van der Waals surface area contributed by atoms with Gasteiger partial charge >= 0.3 is 0 Å². The second-order valence-electron chi connectivity index (χ2n) is 6.98. The molecule has 146 valence electrons. The fourth-order valence-corrected chi connectivity index (χ4v) is 3.92. The summed E-state index contributed by atoms with van der Waals surface area (Å²) in [5.41, 5.74) is 0.551. The van der Waals surface area contributed by atoms with Crippen molar-refractivity contribution >= 4 is 29.1 Å². The zero-order valence-corrected chi connectivity index (χ0v) is 17.2. The molecule has 1 N–H and O–H groups in total. The average Bonchev–Trinajstić information content (AvgIpc) is 3.07. The summed E-state index contributed by atoms with van der Waals surface area (Å²) in [7, 11) is 2.15. The van der Waals surface area contributed by atoms with E-state index in [1.54, 1.807) is 22.9 Å². The van der Waals surface area contributed by atoms with Gasteiger partial charge in [0.05, 0.1) is 10.0 Å². The number of likely N-dealkylation sites (tertiary alicyclic amines) is 1. The van der Waals surface area contributed by atoms with Crippen molar-refractivity contribution in [2.24, 2.45) is 5.92 Å². The van der Waals surface area contributed by atoms with E-state index in [9.17, 15) is 4.79 Å². The Hall–Kier alpha value is -1.63. The number of aryl methyl sites for hydroxylation is 1. The van der Waals surface area contributed by atoms with Gasteiger partial charge in [-0.1, -0.05) is 36.2 Å². The Bertz CT molecular complexity index is 779. The molecule has 0 spiro atoms. The van der Waals surface area contributed by atoms with Gasteiger partial charge in [-0.3, -0.25) is 4.79 Å². The number of hydrogen-bond acceptors (Lipinski definition) is 4. The molecule has 0 bridgehead atoms. The maximum absolute atomic E-state index is 12.5. The molecule has 6 nitrogen and oxygen atoms in total. The molecule has 0 unspecified atom stereocenters. The van der Waals surface area contributed by atoms with Crippen LogP contribution in [0.25, 0.3) is 5.69 Å². The molecule has 0 saturated carbocycles. The number of amides is 1. The van der Waals surface area contributed by atoms with Crippen LogP contribution in [0.3, 0.4) is 0 Å². The third kappa shape index (κ3) is 4.81. The first kappa shape index (κ1) is 20.1. The van der Waals surface area contributed by atoms with Gasteiger partial charge in [0.25, 0.3) is 5.91 Å². The average molecular weight is 410 g/mol. The van der Waals surface area contributed by atoms with E-state index in [1.807, 2.05) is 6.92 Å². The van der Waals surface area contributed by atoms with Crippen LogP contribution in [0.1, 0.15) is 42.6 Å². The molecule has 1 fully saturated rings. The number of carbonyl (C=O) groups excluding carboxylic acids is 1. The van der Waals surface area contributed by atoms with Crippen molar-refractivity contribution in [2.75, 3.05) is 26.7 Å². The Kier molecular flexibility index (Phi) is 6.73. The van der Waals surface area contributed by atoms with Gasteiger partial charge in [0.15, 0.2) is 0 Å². The van der Waals surface area contributed by atoms with E-state index in [0.717, 1.165) is 19.5 Å². The lowest BCUT2D eigenvalue weighted by Crippen LogP contribution is -2.33. The van der Waals surface area contributed by atoms with E-state index >= 15 is 0 Å². The van der Waals surface area contributed by atoms with Crippen molar-refractivity contribution in [3.8, 4) is 5.69 Å². The molecular weight excluding hydrogens is 385 g/mol. The quantitative estimate of drug-likeness (QED) is 0.791. The molecule has 8 heteroatoms. The SMILES string of the molecule is CCc1nc(C(=O)NCCC2CCN(C)CC2)nn1-c1c(Cl)cccc1Cl. The lowest BCUT2D eigenvalue weighted by molar-refractivity contribution is 0.0938. The second kappa shape index (κ2) is 9.04. The summed E-state index contributed by atoms with van der Waals surface area (Å²) in [4.78, 5) is 19.2. The predicted octanol–water partition coefficient (Wildman–Crippen LogP) is 3.60. The van der Waals surface area contributed by atoms with Crippen LogP contribution >= 0.6 is 23.2 Å². The van der Waals surface area contributed by atoms with Crippen LogP contribution in [0, 0.1) is 5.92 Å². The van der Waals surface area contributed by atoms with Crippen molar-refractivity contribution < 1.29 is 4.79 Å². The first-order valence-electron chi connectivity index (χ1n) is 9.36. The Morgan fingerprint density at radius 1 is 1.26 bits per heavy atom. The highest BCUT2D eigenvalue weighted by atomic mass is 35.5. The summed E-state index contributed by atoms with van der Waals surface area (Å²) >= 11 is 12.6. The molecule has 1 saturated heterocycles. The lowest BCUT2D eigenvalue weighted by Gasteiger charge is -2.28. The first-order valence-corrected chi connectivity index (χ1v) is 10.1. The molecule has 3 rings (SSSR count). The molecule has 27 heavy (non-hydrogen) atoms. The number of benzene rings is 1. The van der Waals surface area contributed by atoms with E-state index in [-0.39, 0.29) is 11.7 Å². The third-order valence-corrected chi connectivity index (χ3v) is 5.63. The van der Waals surface area contributed by atoms with Gasteiger partial charge in [-0.25, -0.2) is 9.67 Å². The van der Waals surface area contributed by atoms with Crippen LogP contribution in [0.15, 0.2) is 18.2 Å². The van der Waals surface area contributed by atoms with Crippen molar-refractivity contribution in [3.63, 3.8) is 0 Å². The molecule has 2 heterocycles. The molecule has 1 aliphatic heterocycles. The molecule has 2 aromatic rings. The minimum atomic E-state index is -0.264. The first-order chi connectivity index (χ1) is 13.0. The van der Waals surface area contributed by atoms with Crippen LogP contribution in [-0.4, -0.2) is 52.3 Å². The highest BCUT2D eigenvalue weighted by Gasteiger charge is 2.20. The van der Waals surface area contributed by atoms with E-state index in [4.69, 9.17) is 23.2 Å². The van der Waals surface area contributed by atoms with Crippen molar-refractivity contribution in [1.29, 1.82) is 0 Å². The normalized spacial score (nSPS) is 15.9. The maximum atomic E-state index is 12.5. The zero-order chi connectivity index (χ0) is 19.4. The number of hydrogen-bond donors (Lipinski definition) is 1. The topological polar surface area (TPSA) is 63.1 Å². The van der Waals surface area contributed by atoms with E-state index in [0.29, 0.717) is 40.4 Å². The number of carbonyl (C=O) groups is 1. The Labute approximate surface area is 169 Å². The standard InChI is InChI=1S/C19H25Cl2N5O/c1-3-16-23-18(24-26(16)17-14(20)5-4-6-15(17)21)19(27)22-10-7-13-8-11-25(2)12-9-13/h4-6,13H,3,7-12H2,1-2H3,(H,22,27). The van der Waals surface area contributed by atoms with Crippen molar-refractivity contribution in [2.45, 2.75) is 32.6 Å². The molecule has 1 aromatic carbocycles. The Morgan fingerprint density at radius 2 is 1.93 bits per heavy atom. The van der Waals surface area contributed by atoms with Crippen LogP contribution < -0.4 is 5.32 Å². The van der Waals surface area contributed by atoms with Gasteiger partial charge in [-0.2, -0.15) is 0 Å². The fourth-order valence-electron chi connectivity index (χ4n) is 3.36. The van der Waals surface area contributed by atoms with Gasteiger partial charge in [-0.05, 0) is 57.5 Å². The molecule has 1 aromatic heterocycles. The van der Waals surface area contributed by atoms with Crippen LogP contribution in [-0.2, 0) is 6.42 Å². The molecule has 0 atom stereocenters. The number of nitrogens with zero attached hydrogens (tertiary/aromatic N) is 4. The molecule has 1 amide bonds. The van der Waals surface area contributed by atoms with Gasteiger partial charge in [0.1, 0.15) is 11.5 Å². The van der Waals surface area contributed by atoms with Gasteiger partial charge < -0.3 is 10.2 Å². The summed E-state index contributed by atoms with van der Waals surface area (Å²) in [6, 6.07) is 5.25. The van der Waals surface area contributed by atoms with Gasteiger partial charge in [0, 0.05) is 13.0 Å². The minimum absolute atomic E-state index is 0.145. The summed E-state index contributed by atoms with van der Waals surface area (Å²) in [6.45, 7) is 4.84. The van der Waals surface area contributed by atoms with Crippen LogP contribution in [0.4, 0.5) is 0 Å². The maximum Gasteiger partial charge on any atom is 0.290 e. The number of halogens is 2. The Balaban J connectivity index is 1.66. The van der Waals surface area contributed by atoms with Gasteiger partial charge in [0.2, 0.25) is 5.82 Å². The molecule has 1 aliphatic rings. The van der Waals surface area contributed by atoms with Crippen LogP contribution in [0.5, 0.6) is 0 Å². The van der Waals surface area contributed by atoms with E-state index in [2.05, 4.69) is 27.3 Å². The summed E-state index contributed by atoms with van der Waals surface area (Å²) in [5, 5.41) is 8.25. The summed E-state index contributed by atoms with van der Waals surface area (Å²) < 4.78 is 1.57. The third-order valence-electron chi connectivity index (χ3n) is 5.02. The largest absolute Gasteiger partial charge is 0.349 e. The number of nitrogens with one attached hydrogen (secondary N) is 1. The van der Waals surface area contributed by atoms with E-state index < -0.39 is 0 Å². The highest BCUT2D eigenvalue weighted by Crippen LogP contribution is 2.28. The van der Waals surface area contributed by atoms with E-state index in [1.165, 1.54) is 12.8 Å². The molecule has 0 radical (unpaired) electrons. The number of aromatic nitrogens is 3. The summed E-state index contributed by atoms with van der Waals surface area (Å²) in [5.74, 6) is 1.19. The van der Waals surface area contributed by atoms with Crippen molar-refractivity contribution in [1.82, 2.24) is 25.0 Å². The number of rotatable bonds is 6. The smallest absolute Gasteiger partial charge is 0.290 e. The minimum Gasteiger partial charge on any atom is -0.349 e. The van der Waals surface area contributed by atoms with Crippen molar-refractivity contribution in [3.05, 3.63) is 39.9 Å². The van der Waals surface area contributed by atoms with Gasteiger partial charge in [-0.15, -0.1) is 5.10 Å². The summed E-state index contributed by atoms with van der Waals surface area (Å²) in [6.07, 6.45) is 3.96.